The number of benzene rings is 2. The summed E-state index contributed by atoms with van der Waals surface area (Å²) in [5.41, 5.74) is 3.30. The molecule has 0 aromatic heterocycles. The lowest BCUT2D eigenvalue weighted by molar-refractivity contribution is 0.0697. The quantitative estimate of drug-likeness (QED) is 0.871. The number of amides is 1. The van der Waals surface area contributed by atoms with E-state index >= 15 is 0 Å². The SMILES string of the molecule is COc1ccc(C(=O)N2C3CCC2c2cc(C(=O)CO)ccc23)cc1. The standard InChI is InChI=1S/C20H19NO4/c1-25-14-5-2-12(3-6-14)20(24)21-17-8-9-18(21)16-10-13(19(23)11-22)4-7-15(16)17/h2-7,10,17-18,22H,8-9,11H2,1H3. The van der Waals surface area contributed by atoms with Gasteiger partial charge < -0.3 is 14.7 Å². The van der Waals surface area contributed by atoms with Crippen LogP contribution < -0.4 is 4.74 Å². The third-order valence-electron chi connectivity index (χ3n) is 5.23. The largest absolute Gasteiger partial charge is 0.497 e. The van der Waals surface area contributed by atoms with E-state index in [9.17, 15) is 9.59 Å². The molecule has 2 heterocycles. The predicted molar refractivity (Wildman–Crippen MR) is 91.7 cm³/mol. The van der Waals surface area contributed by atoms with Gasteiger partial charge in [0.2, 0.25) is 0 Å². The van der Waals surface area contributed by atoms with E-state index in [2.05, 4.69) is 0 Å². The van der Waals surface area contributed by atoms with Crippen molar-refractivity contribution in [3.8, 4) is 5.75 Å². The van der Waals surface area contributed by atoms with Crippen molar-refractivity contribution in [3.63, 3.8) is 0 Å². The van der Waals surface area contributed by atoms with Crippen LogP contribution in [0.15, 0.2) is 42.5 Å². The molecule has 0 aliphatic carbocycles. The fraction of sp³-hybridized carbons (Fsp3) is 0.300. The second-order valence-electron chi connectivity index (χ2n) is 6.47. The second kappa shape index (κ2) is 6.01. The van der Waals surface area contributed by atoms with Crippen LogP contribution in [-0.4, -0.2) is 35.4 Å². The van der Waals surface area contributed by atoms with Crippen molar-refractivity contribution in [1.82, 2.24) is 4.90 Å². The first-order valence-corrected chi connectivity index (χ1v) is 8.38. The zero-order valence-corrected chi connectivity index (χ0v) is 13.9. The van der Waals surface area contributed by atoms with Gasteiger partial charge in [-0.25, -0.2) is 0 Å². The van der Waals surface area contributed by atoms with Crippen molar-refractivity contribution in [3.05, 3.63) is 64.7 Å². The van der Waals surface area contributed by atoms with Gasteiger partial charge in [-0.05, 0) is 54.3 Å². The normalized spacial score (nSPS) is 20.5. The summed E-state index contributed by atoms with van der Waals surface area (Å²) in [5.74, 6) is 0.427. The molecule has 5 heteroatoms. The molecule has 5 nitrogen and oxygen atoms in total. The van der Waals surface area contributed by atoms with E-state index in [4.69, 9.17) is 9.84 Å². The summed E-state index contributed by atoms with van der Waals surface area (Å²) >= 11 is 0. The van der Waals surface area contributed by atoms with Crippen LogP contribution in [0, 0.1) is 0 Å². The maximum absolute atomic E-state index is 13.0. The summed E-state index contributed by atoms with van der Waals surface area (Å²) in [5, 5.41) is 9.08. The molecule has 0 spiro atoms. The first-order chi connectivity index (χ1) is 12.1. The van der Waals surface area contributed by atoms with E-state index in [0.29, 0.717) is 11.1 Å². The number of ether oxygens (including phenoxy) is 1. The molecule has 2 atom stereocenters. The number of aliphatic hydroxyl groups is 1. The molecule has 1 N–H and O–H groups in total. The highest BCUT2D eigenvalue weighted by Gasteiger charge is 2.46. The molecule has 0 saturated carbocycles. The Kier molecular flexibility index (Phi) is 3.81. The highest BCUT2D eigenvalue weighted by molar-refractivity contribution is 5.98. The minimum Gasteiger partial charge on any atom is -0.497 e. The number of nitrogens with zero attached hydrogens (tertiary/aromatic N) is 1. The molecule has 128 valence electrons. The van der Waals surface area contributed by atoms with Gasteiger partial charge in [-0.1, -0.05) is 12.1 Å². The number of hydrogen-bond acceptors (Lipinski definition) is 4. The predicted octanol–water partition coefficient (Wildman–Crippen LogP) is 2.90. The summed E-state index contributed by atoms with van der Waals surface area (Å²) in [6, 6.07) is 12.7. The number of carbonyl (C=O) groups excluding carboxylic acids is 2. The smallest absolute Gasteiger partial charge is 0.254 e. The number of aliphatic hydroxyl groups excluding tert-OH is 1. The summed E-state index contributed by atoms with van der Waals surface area (Å²) < 4.78 is 5.15. The molecule has 2 aromatic carbocycles. The lowest BCUT2D eigenvalue weighted by Crippen LogP contribution is -2.27. The molecule has 1 saturated heterocycles. The molecule has 2 aliphatic rings. The minimum absolute atomic E-state index is 0.000967. The highest BCUT2D eigenvalue weighted by atomic mass is 16.5. The lowest BCUT2D eigenvalue weighted by atomic mass is 9.90. The van der Waals surface area contributed by atoms with Gasteiger partial charge in [-0.2, -0.15) is 0 Å². The van der Waals surface area contributed by atoms with Gasteiger partial charge >= 0.3 is 0 Å². The number of hydrogen-bond donors (Lipinski definition) is 1. The van der Waals surface area contributed by atoms with Crippen molar-refractivity contribution in [2.45, 2.75) is 24.9 Å². The first-order valence-electron chi connectivity index (χ1n) is 8.38. The number of methoxy groups -OCH3 is 1. The molecule has 0 radical (unpaired) electrons. The third kappa shape index (κ3) is 2.43. The van der Waals surface area contributed by atoms with Crippen LogP contribution in [0.5, 0.6) is 5.75 Å². The van der Waals surface area contributed by atoms with E-state index in [1.54, 1.807) is 37.4 Å². The Bertz CT molecular complexity index is 843. The molecule has 2 unspecified atom stereocenters. The first kappa shape index (κ1) is 15.8. The highest BCUT2D eigenvalue weighted by Crippen LogP contribution is 2.53. The van der Waals surface area contributed by atoms with Gasteiger partial charge in [0.05, 0.1) is 19.2 Å². The fourth-order valence-corrected chi connectivity index (χ4v) is 4.02. The van der Waals surface area contributed by atoms with Gasteiger partial charge in [0.1, 0.15) is 12.4 Å². The number of carbonyl (C=O) groups is 2. The van der Waals surface area contributed by atoms with Crippen molar-refractivity contribution >= 4 is 11.7 Å². The lowest BCUT2D eigenvalue weighted by Gasteiger charge is -2.22. The average molecular weight is 337 g/mol. The van der Waals surface area contributed by atoms with E-state index in [1.807, 2.05) is 17.0 Å². The van der Waals surface area contributed by atoms with Crippen LogP contribution >= 0.6 is 0 Å². The number of fused-ring (bicyclic) bond motifs is 5. The topological polar surface area (TPSA) is 66.8 Å². The third-order valence-corrected chi connectivity index (χ3v) is 5.23. The molecule has 1 fully saturated rings. The summed E-state index contributed by atoms with van der Waals surface area (Å²) in [7, 11) is 1.60. The Labute approximate surface area is 145 Å². The van der Waals surface area contributed by atoms with Crippen molar-refractivity contribution in [2.24, 2.45) is 0 Å². The molecular weight excluding hydrogens is 318 g/mol. The Morgan fingerprint density at radius 3 is 2.32 bits per heavy atom. The average Bonchev–Trinajstić information content (AvgIpc) is 3.23. The maximum Gasteiger partial charge on any atom is 0.254 e. The van der Waals surface area contributed by atoms with E-state index < -0.39 is 6.61 Å². The van der Waals surface area contributed by atoms with Gasteiger partial charge in [-0.3, -0.25) is 9.59 Å². The van der Waals surface area contributed by atoms with E-state index in [1.165, 1.54) is 0 Å². The van der Waals surface area contributed by atoms with Crippen molar-refractivity contribution in [1.29, 1.82) is 0 Å². The van der Waals surface area contributed by atoms with Crippen LogP contribution in [0.3, 0.4) is 0 Å². The van der Waals surface area contributed by atoms with Crippen molar-refractivity contribution < 1.29 is 19.4 Å². The van der Waals surface area contributed by atoms with Crippen LogP contribution in [0.1, 0.15) is 56.8 Å². The van der Waals surface area contributed by atoms with Crippen LogP contribution in [0.2, 0.25) is 0 Å². The van der Waals surface area contributed by atoms with Gasteiger partial charge in [0, 0.05) is 11.1 Å². The van der Waals surface area contributed by atoms with Gasteiger partial charge in [0.15, 0.2) is 5.78 Å². The Morgan fingerprint density at radius 1 is 1.04 bits per heavy atom. The molecule has 4 rings (SSSR count). The molecule has 2 aliphatic heterocycles. The van der Waals surface area contributed by atoms with Crippen LogP contribution in [-0.2, 0) is 0 Å². The fourth-order valence-electron chi connectivity index (χ4n) is 4.02. The number of rotatable bonds is 4. The van der Waals surface area contributed by atoms with Crippen LogP contribution in [0.25, 0.3) is 0 Å². The maximum atomic E-state index is 13.0. The van der Waals surface area contributed by atoms with Crippen molar-refractivity contribution in [2.75, 3.05) is 13.7 Å². The monoisotopic (exact) mass is 337 g/mol. The second-order valence-corrected chi connectivity index (χ2v) is 6.47. The summed E-state index contributed by atoms with van der Waals surface area (Å²) in [4.78, 5) is 26.7. The minimum atomic E-state index is -0.499. The van der Waals surface area contributed by atoms with Crippen LogP contribution in [0.4, 0.5) is 0 Å². The molecule has 2 bridgehead atoms. The molecule has 25 heavy (non-hydrogen) atoms. The Balaban J connectivity index is 1.66. The molecular formula is C20H19NO4. The zero-order valence-electron chi connectivity index (χ0n) is 13.9. The Morgan fingerprint density at radius 2 is 1.68 bits per heavy atom. The molecule has 1 amide bonds. The van der Waals surface area contributed by atoms with E-state index in [0.717, 1.165) is 29.7 Å². The Hall–Kier alpha value is -2.66. The molecule has 2 aromatic rings. The van der Waals surface area contributed by atoms with E-state index in [-0.39, 0.29) is 23.8 Å². The summed E-state index contributed by atoms with van der Waals surface area (Å²) in [6.07, 6.45) is 1.84. The zero-order chi connectivity index (χ0) is 17.6. The number of ketones is 1. The van der Waals surface area contributed by atoms with Gasteiger partial charge in [0.25, 0.3) is 5.91 Å². The van der Waals surface area contributed by atoms with Gasteiger partial charge in [-0.15, -0.1) is 0 Å². The number of Topliss-reactive ketones (excluding diaryl/α,β-unsaturated/α-hetero) is 1. The summed E-state index contributed by atoms with van der Waals surface area (Å²) in [6.45, 7) is -0.499.